The summed E-state index contributed by atoms with van der Waals surface area (Å²) in [5.41, 5.74) is 3.71. The molecule has 0 spiro atoms. The number of fused-ring (bicyclic) bond motifs is 1. The molecule has 5 heteroatoms. The van der Waals surface area contributed by atoms with Crippen molar-refractivity contribution in [2.24, 2.45) is 5.92 Å². The molecule has 3 rings (SSSR count). The molecule has 25 heavy (non-hydrogen) atoms. The van der Waals surface area contributed by atoms with Crippen LogP contribution in [0.15, 0.2) is 12.1 Å². The van der Waals surface area contributed by atoms with Crippen LogP contribution < -0.4 is 4.74 Å². The van der Waals surface area contributed by atoms with E-state index in [0.29, 0.717) is 22.4 Å². The number of Topliss-reactive ketones (excluding diaryl/α,β-unsaturated/α-hetero) is 1. The van der Waals surface area contributed by atoms with Crippen molar-refractivity contribution in [1.82, 2.24) is 0 Å². The van der Waals surface area contributed by atoms with Gasteiger partial charge in [-0.05, 0) is 67.6 Å². The zero-order valence-corrected chi connectivity index (χ0v) is 15.0. The highest BCUT2D eigenvalue weighted by molar-refractivity contribution is 6.05. The molecule has 1 aliphatic rings. The van der Waals surface area contributed by atoms with E-state index in [4.69, 9.17) is 4.74 Å². The zero-order chi connectivity index (χ0) is 18.6. The van der Waals surface area contributed by atoms with E-state index in [0.717, 1.165) is 11.1 Å². The van der Waals surface area contributed by atoms with Gasteiger partial charge in [-0.3, -0.25) is 4.79 Å². The largest absolute Gasteiger partial charge is 0.507 e. The van der Waals surface area contributed by atoms with Gasteiger partial charge >= 0.3 is 0 Å². The molecule has 3 N–H and O–H groups in total. The van der Waals surface area contributed by atoms with Gasteiger partial charge in [-0.2, -0.15) is 0 Å². The van der Waals surface area contributed by atoms with Crippen LogP contribution in [0.4, 0.5) is 0 Å². The number of aryl methyl sites for hydroxylation is 1. The van der Waals surface area contributed by atoms with Crippen molar-refractivity contribution in [3.05, 3.63) is 45.5 Å². The molecule has 2 atom stereocenters. The van der Waals surface area contributed by atoms with E-state index in [1.54, 1.807) is 26.8 Å². The fourth-order valence-corrected chi connectivity index (χ4v) is 3.39. The maximum atomic E-state index is 12.9. The molecular formula is C20H22O5. The number of aromatic hydroxyl groups is 3. The zero-order valence-electron chi connectivity index (χ0n) is 15.0. The minimum atomic E-state index is -0.606. The lowest BCUT2D eigenvalue weighted by Gasteiger charge is -2.33. The lowest BCUT2D eigenvalue weighted by atomic mass is 9.83. The lowest BCUT2D eigenvalue weighted by Crippen LogP contribution is -2.30. The number of phenols is 3. The summed E-state index contributed by atoms with van der Waals surface area (Å²) >= 11 is 0. The van der Waals surface area contributed by atoms with Crippen molar-refractivity contribution in [3.8, 4) is 23.0 Å². The molecule has 0 saturated carbocycles. The van der Waals surface area contributed by atoms with E-state index < -0.39 is 12.0 Å². The Morgan fingerprint density at radius 1 is 0.920 bits per heavy atom. The molecule has 5 nitrogen and oxygen atoms in total. The van der Waals surface area contributed by atoms with Crippen molar-refractivity contribution >= 4 is 5.78 Å². The summed E-state index contributed by atoms with van der Waals surface area (Å²) in [7, 11) is 0. The summed E-state index contributed by atoms with van der Waals surface area (Å²) in [6.07, 6.45) is -0.606. The molecule has 0 amide bonds. The van der Waals surface area contributed by atoms with Gasteiger partial charge in [0, 0.05) is 0 Å². The van der Waals surface area contributed by atoms with Crippen LogP contribution in [0.1, 0.15) is 51.2 Å². The second-order valence-electron chi connectivity index (χ2n) is 6.82. The third kappa shape index (κ3) is 2.42. The Labute approximate surface area is 146 Å². The highest BCUT2D eigenvalue weighted by atomic mass is 16.5. The van der Waals surface area contributed by atoms with Gasteiger partial charge in [0.1, 0.15) is 23.2 Å². The normalized spacial score (nSPS) is 19.5. The van der Waals surface area contributed by atoms with Crippen molar-refractivity contribution in [2.75, 3.05) is 0 Å². The second kappa shape index (κ2) is 5.69. The van der Waals surface area contributed by atoms with Crippen LogP contribution in [0.2, 0.25) is 0 Å². The van der Waals surface area contributed by atoms with E-state index in [2.05, 4.69) is 0 Å². The van der Waals surface area contributed by atoms with E-state index in [1.807, 2.05) is 13.8 Å². The number of rotatable bonds is 1. The molecule has 0 fully saturated rings. The number of phenolic OH excluding ortho intramolecular Hbond substituents is 3. The Balaban J connectivity index is 2.19. The molecule has 0 saturated heterocycles. The third-order valence-electron chi connectivity index (χ3n) is 5.27. The average molecular weight is 342 g/mol. The van der Waals surface area contributed by atoms with Crippen LogP contribution in [0, 0.1) is 33.6 Å². The molecule has 2 aromatic rings. The lowest BCUT2D eigenvalue weighted by molar-refractivity contribution is 0.0681. The van der Waals surface area contributed by atoms with E-state index in [1.165, 1.54) is 6.07 Å². The van der Waals surface area contributed by atoms with E-state index in [-0.39, 0.29) is 28.6 Å². The Morgan fingerprint density at radius 2 is 1.56 bits per heavy atom. The SMILES string of the molecule is Cc1cc(C2Oc3c(C)c(C)c(C)c(O)c3C(=O)C2C)cc(O)c1O. The molecule has 0 aliphatic carbocycles. The number of ether oxygens (including phenoxy) is 1. The predicted octanol–water partition coefficient (Wildman–Crippen LogP) is 3.99. The Morgan fingerprint density at radius 3 is 2.16 bits per heavy atom. The quantitative estimate of drug-likeness (QED) is 0.682. The fourth-order valence-electron chi connectivity index (χ4n) is 3.39. The molecule has 0 aromatic heterocycles. The minimum Gasteiger partial charge on any atom is -0.507 e. The van der Waals surface area contributed by atoms with E-state index in [9.17, 15) is 20.1 Å². The van der Waals surface area contributed by atoms with E-state index >= 15 is 0 Å². The van der Waals surface area contributed by atoms with Gasteiger partial charge in [0.25, 0.3) is 0 Å². The van der Waals surface area contributed by atoms with Crippen LogP contribution in [0.3, 0.4) is 0 Å². The van der Waals surface area contributed by atoms with Gasteiger partial charge in [0.15, 0.2) is 17.3 Å². The summed E-state index contributed by atoms with van der Waals surface area (Å²) in [5.74, 6) is -0.802. The van der Waals surface area contributed by atoms with Crippen LogP contribution in [0.5, 0.6) is 23.0 Å². The molecule has 0 bridgehead atoms. The number of benzene rings is 2. The first-order chi connectivity index (χ1) is 11.6. The highest BCUT2D eigenvalue weighted by Gasteiger charge is 2.39. The number of hydrogen-bond acceptors (Lipinski definition) is 5. The average Bonchev–Trinajstić information content (AvgIpc) is 2.57. The number of carbonyl (C=O) groups is 1. The van der Waals surface area contributed by atoms with Crippen molar-refractivity contribution in [3.63, 3.8) is 0 Å². The second-order valence-corrected chi connectivity index (χ2v) is 6.82. The molecule has 0 radical (unpaired) electrons. The smallest absolute Gasteiger partial charge is 0.177 e. The fraction of sp³-hybridized carbons (Fsp3) is 0.350. The van der Waals surface area contributed by atoms with Gasteiger partial charge in [0.2, 0.25) is 0 Å². The highest BCUT2D eigenvalue weighted by Crippen LogP contribution is 2.47. The first kappa shape index (κ1) is 17.1. The third-order valence-corrected chi connectivity index (χ3v) is 5.27. The molecule has 2 unspecified atom stereocenters. The Hall–Kier alpha value is -2.69. The number of ketones is 1. The van der Waals surface area contributed by atoms with Crippen LogP contribution in [-0.2, 0) is 0 Å². The van der Waals surface area contributed by atoms with Crippen LogP contribution >= 0.6 is 0 Å². The van der Waals surface area contributed by atoms with Gasteiger partial charge in [0.05, 0.1) is 5.92 Å². The topological polar surface area (TPSA) is 87.0 Å². The Bertz CT molecular complexity index is 875. The summed E-state index contributed by atoms with van der Waals surface area (Å²) in [6.45, 7) is 8.93. The molecular weight excluding hydrogens is 320 g/mol. The number of carbonyl (C=O) groups excluding carboxylic acids is 1. The van der Waals surface area contributed by atoms with Gasteiger partial charge < -0.3 is 20.1 Å². The molecule has 1 aliphatic heterocycles. The predicted molar refractivity (Wildman–Crippen MR) is 93.7 cm³/mol. The minimum absolute atomic E-state index is 0.0295. The molecule has 132 valence electrons. The first-order valence-corrected chi connectivity index (χ1v) is 8.21. The van der Waals surface area contributed by atoms with Crippen molar-refractivity contribution in [2.45, 2.75) is 40.7 Å². The van der Waals surface area contributed by atoms with Crippen molar-refractivity contribution in [1.29, 1.82) is 0 Å². The summed E-state index contributed by atoms with van der Waals surface area (Å²) in [6, 6.07) is 3.11. The van der Waals surface area contributed by atoms with Crippen molar-refractivity contribution < 1.29 is 24.9 Å². The summed E-state index contributed by atoms with van der Waals surface area (Å²) in [5, 5.41) is 30.1. The van der Waals surface area contributed by atoms with Gasteiger partial charge in [-0.15, -0.1) is 0 Å². The summed E-state index contributed by atoms with van der Waals surface area (Å²) < 4.78 is 6.12. The van der Waals surface area contributed by atoms with Gasteiger partial charge in [-0.1, -0.05) is 6.92 Å². The van der Waals surface area contributed by atoms with Gasteiger partial charge in [-0.25, -0.2) is 0 Å². The maximum Gasteiger partial charge on any atom is 0.177 e. The van der Waals surface area contributed by atoms with Crippen LogP contribution in [-0.4, -0.2) is 21.1 Å². The van der Waals surface area contributed by atoms with Crippen LogP contribution in [0.25, 0.3) is 0 Å². The summed E-state index contributed by atoms with van der Waals surface area (Å²) in [4.78, 5) is 12.9. The standard InChI is InChI=1S/C20H22O5/c1-8-6-13(7-14(21)16(8)22)19-12(5)18(24)15-17(23)10(3)9(2)11(4)20(15)25-19/h6-7,12,19,21-23H,1-5H3. The number of hydrogen-bond donors (Lipinski definition) is 3. The molecule has 2 aromatic carbocycles. The first-order valence-electron chi connectivity index (χ1n) is 8.21. The monoisotopic (exact) mass is 342 g/mol. The molecule has 1 heterocycles. The Kier molecular flexibility index (Phi) is 3.90. The maximum absolute atomic E-state index is 12.9.